The fraction of sp³-hybridized carbons (Fsp3) is 0.143. The Hall–Kier alpha value is -2.83. The van der Waals surface area contributed by atoms with Crippen LogP contribution in [-0.4, -0.2) is 36.7 Å². The average molecular weight is 415 g/mol. The Morgan fingerprint density at radius 1 is 1.21 bits per heavy atom. The van der Waals surface area contributed by atoms with E-state index >= 15 is 0 Å². The maximum Gasteiger partial charge on any atom is 0.281 e. The number of hydrogen-bond donors (Lipinski definition) is 0. The fourth-order valence-electron chi connectivity index (χ4n) is 2.83. The number of likely N-dealkylation sites (N-methyl/N-ethyl adjacent to an activating group) is 1. The lowest BCUT2D eigenvalue weighted by Gasteiger charge is -2.16. The van der Waals surface area contributed by atoms with Gasteiger partial charge in [0.25, 0.3) is 5.91 Å². The number of thiocarbonyl (C=S) groups is 1. The van der Waals surface area contributed by atoms with Crippen molar-refractivity contribution in [3.8, 4) is 11.5 Å². The first-order valence-corrected chi connectivity index (χ1v) is 9.27. The summed E-state index contributed by atoms with van der Waals surface area (Å²) in [7, 11) is 3.26. The van der Waals surface area contributed by atoms with E-state index in [1.54, 1.807) is 36.2 Å². The highest BCUT2D eigenvalue weighted by Gasteiger charge is 2.36. The second kappa shape index (κ2) is 8.46. The third kappa shape index (κ3) is 3.61. The van der Waals surface area contributed by atoms with Gasteiger partial charge in [0, 0.05) is 7.05 Å². The Balaban J connectivity index is 2.00. The molecule has 2 aromatic carbocycles. The summed E-state index contributed by atoms with van der Waals surface area (Å²) < 4.78 is 11.0. The van der Waals surface area contributed by atoms with Crippen molar-refractivity contribution >= 4 is 46.6 Å². The van der Waals surface area contributed by atoms with E-state index in [-0.39, 0.29) is 5.91 Å². The summed E-state index contributed by atoms with van der Waals surface area (Å²) in [5.74, 6) is 0.677. The number of methoxy groups -OCH3 is 1. The standard InChI is InChI=1S/C21H19ClN2O3S/c1-4-12-27-17-11-10-14(18(22)19(17)26-3)13-16-20(25)24(21(28)23(16)2)15-8-6-5-7-9-15/h4-11,13H,1,12H2,2-3H3/b16-13+. The van der Waals surface area contributed by atoms with Gasteiger partial charge in [0.1, 0.15) is 12.3 Å². The van der Waals surface area contributed by atoms with Gasteiger partial charge in [-0.1, -0.05) is 42.5 Å². The topological polar surface area (TPSA) is 42.0 Å². The minimum atomic E-state index is -0.222. The molecular weight excluding hydrogens is 396 g/mol. The molecule has 1 heterocycles. The SMILES string of the molecule is C=CCOc1ccc(/C=C2\C(=O)N(c3ccccc3)C(=S)N2C)c(Cl)c1OC. The van der Waals surface area contributed by atoms with E-state index in [1.807, 2.05) is 30.3 Å². The van der Waals surface area contributed by atoms with Gasteiger partial charge in [-0.25, -0.2) is 0 Å². The smallest absolute Gasteiger partial charge is 0.281 e. The maximum absolute atomic E-state index is 13.0. The van der Waals surface area contributed by atoms with Gasteiger partial charge >= 0.3 is 0 Å². The zero-order valence-electron chi connectivity index (χ0n) is 15.5. The van der Waals surface area contributed by atoms with E-state index in [4.69, 9.17) is 33.3 Å². The van der Waals surface area contributed by atoms with Crippen molar-refractivity contribution in [1.29, 1.82) is 0 Å². The molecule has 1 saturated heterocycles. The highest BCUT2D eigenvalue weighted by Crippen LogP contribution is 2.39. The van der Waals surface area contributed by atoms with Crippen molar-refractivity contribution in [3.63, 3.8) is 0 Å². The Labute approximate surface area is 174 Å². The number of carbonyl (C=O) groups excluding carboxylic acids is 1. The molecule has 7 heteroatoms. The number of anilines is 1. The van der Waals surface area contributed by atoms with E-state index in [9.17, 15) is 4.79 Å². The number of benzene rings is 2. The predicted molar refractivity (Wildman–Crippen MR) is 116 cm³/mol. The summed E-state index contributed by atoms with van der Waals surface area (Å²) in [5.41, 5.74) is 1.75. The van der Waals surface area contributed by atoms with Gasteiger partial charge in [-0.2, -0.15) is 0 Å². The summed E-state index contributed by atoms with van der Waals surface area (Å²) in [6.45, 7) is 3.96. The molecule has 3 rings (SSSR count). The number of amides is 1. The fourth-order valence-corrected chi connectivity index (χ4v) is 3.40. The second-order valence-corrected chi connectivity index (χ2v) is 6.69. The number of halogens is 1. The van der Waals surface area contributed by atoms with Gasteiger partial charge in [0.2, 0.25) is 0 Å². The highest BCUT2D eigenvalue weighted by molar-refractivity contribution is 7.80. The molecule has 0 unspecified atom stereocenters. The first-order valence-electron chi connectivity index (χ1n) is 8.48. The zero-order chi connectivity index (χ0) is 20.3. The Morgan fingerprint density at radius 2 is 1.93 bits per heavy atom. The van der Waals surface area contributed by atoms with Crippen molar-refractivity contribution in [2.45, 2.75) is 0 Å². The Kier molecular flexibility index (Phi) is 6.02. The molecule has 1 aliphatic rings. The molecule has 5 nitrogen and oxygen atoms in total. The number of nitrogens with zero attached hydrogens (tertiary/aromatic N) is 2. The summed E-state index contributed by atoms with van der Waals surface area (Å²) in [6, 6.07) is 12.8. The summed E-state index contributed by atoms with van der Waals surface area (Å²) in [6.07, 6.45) is 3.33. The molecule has 0 radical (unpaired) electrons. The van der Waals surface area contributed by atoms with Crippen LogP contribution in [0.4, 0.5) is 5.69 Å². The molecule has 0 atom stereocenters. The minimum Gasteiger partial charge on any atom is -0.491 e. The van der Waals surface area contributed by atoms with Crippen LogP contribution in [0.15, 0.2) is 60.8 Å². The van der Waals surface area contributed by atoms with Crippen LogP contribution >= 0.6 is 23.8 Å². The van der Waals surface area contributed by atoms with E-state index in [1.165, 1.54) is 12.0 Å². The third-order valence-electron chi connectivity index (χ3n) is 4.22. The molecule has 1 amide bonds. The molecule has 2 aromatic rings. The van der Waals surface area contributed by atoms with E-state index in [0.29, 0.717) is 45.2 Å². The lowest BCUT2D eigenvalue weighted by Crippen LogP contribution is -2.30. The molecule has 28 heavy (non-hydrogen) atoms. The molecule has 1 fully saturated rings. The third-order valence-corrected chi connectivity index (χ3v) is 5.07. The number of para-hydroxylation sites is 1. The van der Waals surface area contributed by atoms with Crippen LogP contribution in [0.2, 0.25) is 5.02 Å². The van der Waals surface area contributed by atoms with E-state index in [2.05, 4.69) is 6.58 Å². The molecular formula is C21H19ClN2O3S. The molecule has 0 aromatic heterocycles. The molecule has 0 saturated carbocycles. The van der Waals surface area contributed by atoms with Gasteiger partial charge in [0.05, 0.1) is 17.8 Å². The van der Waals surface area contributed by atoms with Gasteiger partial charge in [-0.3, -0.25) is 9.69 Å². The van der Waals surface area contributed by atoms with Crippen molar-refractivity contribution < 1.29 is 14.3 Å². The van der Waals surface area contributed by atoms with Crippen molar-refractivity contribution in [2.24, 2.45) is 0 Å². The number of hydrogen-bond acceptors (Lipinski definition) is 4. The van der Waals surface area contributed by atoms with Crippen molar-refractivity contribution in [2.75, 3.05) is 25.7 Å². The van der Waals surface area contributed by atoms with Crippen LogP contribution < -0.4 is 14.4 Å². The van der Waals surface area contributed by atoms with Crippen LogP contribution in [0.25, 0.3) is 6.08 Å². The van der Waals surface area contributed by atoms with Gasteiger partial charge in [0.15, 0.2) is 16.6 Å². The van der Waals surface area contributed by atoms with E-state index < -0.39 is 0 Å². The number of ether oxygens (including phenoxy) is 2. The van der Waals surface area contributed by atoms with Gasteiger partial charge in [-0.15, -0.1) is 0 Å². The lowest BCUT2D eigenvalue weighted by atomic mass is 10.1. The predicted octanol–water partition coefficient (Wildman–Crippen LogP) is 4.52. The first-order chi connectivity index (χ1) is 13.5. The van der Waals surface area contributed by atoms with Crippen molar-refractivity contribution in [1.82, 2.24) is 4.90 Å². The van der Waals surface area contributed by atoms with Crippen LogP contribution in [0, 0.1) is 0 Å². The normalized spacial score (nSPS) is 15.3. The van der Waals surface area contributed by atoms with Crippen LogP contribution in [0.1, 0.15) is 5.56 Å². The Morgan fingerprint density at radius 3 is 2.57 bits per heavy atom. The number of carbonyl (C=O) groups is 1. The van der Waals surface area contributed by atoms with E-state index in [0.717, 1.165) is 0 Å². The molecule has 0 spiro atoms. The second-order valence-electron chi connectivity index (χ2n) is 5.95. The maximum atomic E-state index is 13.0. The average Bonchev–Trinajstić information content (AvgIpc) is 2.91. The lowest BCUT2D eigenvalue weighted by molar-refractivity contribution is -0.114. The summed E-state index contributed by atoms with van der Waals surface area (Å²) in [4.78, 5) is 16.2. The minimum absolute atomic E-state index is 0.222. The quantitative estimate of drug-likeness (QED) is 0.395. The van der Waals surface area contributed by atoms with Gasteiger partial charge < -0.3 is 14.4 Å². The number of rotatable bonds is 6. The summed E-state index contributed by atoms with van der Waals surface area (Å²) in [5, 5.41) is 0.748. The van der Waals surface area contributed by atoms with Gasteiger partial charge in [-0.05, 0) is 48.1 Å². The largest absolute Gasteiger partial charge is 0.491 e. The first kappa shape index (κ1) is 19.9. The zero-order valence-corrected chi connectivity index (χ0v) is 17.1. The monoisotopic (exact) mass is 414 g/mol. The Bertz CT molecular complexity index is 960. The highest BCUT2D eigenvalue weighted by atomic mass is 35.5. The molecule has 1 aliphatic heterocycles. The van der Waals surface area contributed by atoms with Crippen LogP contribution in [0.5, 0.6) is 11.5 Å². The van der Waals surface area contributed by atoms with Crippen LogP contribution in [-0.2, 0) is 4.79 Å². The molecule has 0 aliphatic carbocycles. The molecule has 0 bridgehead atoms. The molecule has 144 valence electrons. The van der Waals surface area contributed by atoms with Crippen LogP contribution in [0.3, 0.4) is 0 Å². The summed E-state index contributed by atoms with van der Waals surface area (Å²) >= 11 is 12.0. The molecule has 0 N–H and O–H groups in total. The van der Waals surface area contributed by atoms with Crippen molar-refractivity contribution in [3.05, 3.63) is 71.4 Å².